The van der Waals surface area contributed by atoms with Crippen molar-refractivity contribution in [1.82, 2.24) is 15.1 Å². The van der Waals surface area contributed by atoms with Crippen molar-refractivity contribution < 1.29 is 4.74 Å². The maximum atomic E-state index is 5.49. The van der Waals surface area contributed by atoms with Gasteiger partial charge in [0.1, 0.15) is 0 Å². The number of aromatic nitrogens is 2. The van der Waals surface area contributed by atoms with Crippen LogP contribution in [0.5, 0.6) is 0 Å². The van der Waals surface area contributed by atoms with Gasteiger partial charge in [0.15, 0.2) is 0 Å². The van der Waals surface area contributed by atoms with Gasteiger partial charge in [-0.3, -0.25) is 4.68 Å². The van der Waals surface area contributed by atoms with Gasteiger partial charge in [-0.25, -0.2) is 0 Å². The summed E-state index contributed by atoms with van der Waals surface area (Å²) in [6.07, 6.45) is 3.58. The first-order valence-electron chi connectivity index (χ1n) is 7.69. The van der Waals surface area contributed by atoms with Crippen LogP contribution < -0.4 is 5.32 Å². The van der Waals surface area contributed by atoms with E-state index in [1.807, 2.05) is 13.8 Å². The monoisotopic (exact) mass is 265 g/mol. The summed E-state index contributed by atoms with van der Waals surface area (Å²) < 4.78 is 7.74. The molecule has 4 heteroatoms. The van der Waals surface area contributed by atoms with Crippen LogP contribution in [0.25, 0.3) is 0 Å². The van der Waals surface area contributed by atoms with Crippen LogP contribution >= 0.6 is 0 Å². The first-order valence-corrected chi connectivity index (χ1v) is 7.69. The van der Waals surface area contributed by atoms with Crippen LogP contribution in [0.4, 0.5) is 0 Å². The molecule has 108 valence electrons. The van der Waals surface area contributed by atoms with Crippen molar-refractivity contribution in [3.63, 3.8) is 0 Å². The zero-order valence-electron chi connectivity index (χ0n) is 12.5. The molecule has 19 heavy (non-hydrogen) atoms. The molecule has 0 amide bonds. The van der Waals surface area contributed by atoms with E-state index in [2.05, 4.69) is 28.1 Å². The second kappa shape index (κ2) is 7.06. The molecule has 2 aliphatic rings. The fraction of sp³-hybridized carbons (Fsp3) is 0.800. The quantitative estimate of drug-likeness (QED) is 0.893. The van der Waals surface area contributed by atoms with E-state index in [4.69, 9.17) is 4.74 Å². The molecule has 1 aromatic rings. The normalized spacial score (nSPS) is 24.1. The van der Waals surface area contributed by atoms with Gasteiger partial charge in [0.05, 0.1) is 18.3 Å². The smallest absolute Gasteiger partial charge is 0.0777 e. The van der Waals surface area contributed by atoms with E-state index in [9.17, 15) is 0 Å². The molecular formula is C15H27N3O. The number of rotatable bonds is 2. The Balaban J connectivity index is 0.000000637. The first kappa shape index (κ1) is 14.5. The van der Waals surface area contributed by atoms with E-state index >= 15 is 0 Å². The highest BCUT2D eigenvalue weighted by Crippen LogP contribution is 2.30. The minimum atomic E-state index is 0.466. The van der Waals surface area contributed by atoms with Crippen LogP contribution in [0.2, 0.25) is 0 Å². The van der Waals surface area contributed by atoms with Crippen molar-refractivity contribution >= 4 is 0 Å². The molecule has 4 nitrogen and oxygen atoms in total. The lowest BCUT2D eigenvalue weighted by Gasteiger charge is -2.25. The molecule has 1 atom stereocenters. The van der Waals surface area contributed by atoms with E-state index in [1.165, 1.54) is 18.5 Å². The lowest BCUT2D eigenvalue weighted by atomic mass is 9.94. The zero-order chi connectivity index (χ0) is 13.7. The van der Waals surface area contributed by atoms with Crippen LogP contribution in [0.1, 0.15) is 56.5 Å². The Kier molecular flexibility index (Phi) is 5.40. The van der Waals surface area contributed by atoms with E-state index < -0.39 is 0 Å². The summed E-state index contributed by atoms with van der Waals surface area (Å²) >= 11 is 0. The van der Waals surface area contributed by atoms with E-state index in [1.54, 1.807) is 0 Å². The standard InChI is InChI=1S/C13H21N3O.C2H6/c1-10-8-13(11-2-5-14-6-3-11)16(15-10)12-4-7-17-9-12;1-2/h8,11-12,14H,2-7,9H2,1H3;1-2H3. The fourth-order valence-electron chi connectivity index (χ4n) is 2.97. The van der Waals surface area contributed by atoms with Crippen molar-refractivity contribution in [3.8, 4) is 0 Å². The summed E-state index contributed by atoms with van der Waals surface area (Å²) in [5, 5.41) is 8.11. The highest BCUT2D eigenvalue weighted by molar-refractivity contribution is 5.16. The second-order valence-corrected chi connectivity index (χ2v) is 5.20. The largest absolute Gasteiger partial charge is 0.379 e. The average molecular weight is 265 g/mol. The first-order chi connectivity index (χ1) is 9.34. The Hall–Kier alpha value is -0.870. The Morgan fingerprint density at radius 1 is 1.26 bits per heavy atom. The van der Waals surface area contributed by atoms with Crippen LogP contribution in [0.15, 0.2) is 6.07 Å². The molecular weight excluding hydrogens is 238 g/mol. The Morgan fingerprint density at radius 2 is 2.00 bits per heavy atom. The number of nitrogens with zero attached hydrogens (tertiary/aromatic N) is 2. The molecule has 1 unspecified atom stereocenters. The minimum Gasteiger partial charge on any atom is -0.379 e. The molecule has 0 spiro atoms. The summed E-state index contributed by atoms with van der Waals surface area (Å²) in [7, 11) is 0. The fourth-order valence-corrected chi connectivity index (χ4v) is 2.97. The van der Waals surface area contributed by atoms with Gasteiger partial charge in [-0.05, 0) is 45.3 Å². The number of piperidine rings is 1. The van der Waals surface area contributed by atoms with Gasteiger partial charge < -0.3 is 10.1 Å². The predicted molar refractivity (Wildman–Crippen MR) is 77.6 cm³/mol. The Morgan fingerprint density at radius 3 is 2.63 bits per heavy atom. The van der Waals surface area contributed by atoms with Crippen LogP contribution in [-0.2, 0) is 4.74 Å². The highest BCUT2D eigenvalue weighted by Gasteiger charge is 2.26. The maximum Gasteiger partial charge on any atom is 0.0777 e. The van der Waals surface area contributed by atoms with Gasteiger partial charge in [0.25, 0.3) is 0 Å². The van der Waals surface area contributed by atoms with Gasteiger partial charge in [-0.15, -0.1) is 0 Å². The molecule has 2 saturated heterocycles. The SMILES string of the molecule is CC.Cc1cc(C2CCNCC2)n(C2CCOC2)n1. The van der Waals surface area contributed by atoms with Gasteiger partial charge in [-0.1, -0.05) is 13.8 Å². The van der Waals surface area contributed by atoms with Gasteiger partial charge in [-0.2, -0.15) is 5.10 Å². The van der Waals surface area contributed by atoms with Crippen molar-refractivity contribution in [3.05, 3.63) is 17.5 Å². The lowest BCUT2D eigenvalue weighted by molar-refractivity contribution is 0.183. The Labute approximate surface area is 116 Å². The van der Waals surface area contributed by atoms with E-state index in [0.717, 1.165) is 38.4 Å². The number of ether oxygens (including phenoxy) is 1. The summed E-state index contributed by atoms with van der Waals surface area (Å²) in [5.41, 5.74) is 2.57. The third-order valence-electron chi connectivity index (χ3n) is 3.90. The minimum absolute atomic E-state index is 0.466. The molecule has 3 heterocycles. The van der Waals surface area contributed by atoms with Crippen LogP contribution in [-0.4, -0.2) is 36.1 Å². The molecule has 1 aromatic heterocycles. The van der Waals surface area contributed by atoms with Crippen molar-refractivity contribution in [2.24, 2.45) is 0 Å². The third kappa shape index (κ3) is 3.37. The van der Waals surface area contributed by atoms with E-state index in [-0.39, 0.29) is 0 Å². The van der Waals surface area contributed by atoms with Gasteiger partial charge in [0, 0.05) is 18.2 Å². The average Bonchev–Trinajstić information content (AvgIpc) is 3.11. The van der Waals surface area contributed by atoms with Crippen molar-refractivity contribution in [1.29, 1.82) is 0 Å². The van der Waals surface area contributed by atoms with Gasteiger partial charge >= 0.3 is 0 Å². The van der Waals surface area contributed by atoms with Crippen LogP contribution in [0.3, 0.4) is 0 Å². The predicted octanol–water partition coefficient (Wildman–Crippen LogP) is 2.65. The molecule has 3 rings (SSSR count). The summed E-state index contributed by atoms with van der Waals surface area (Å²) in [4.78, 5) is 0. The maximum absolute atomic E-state index is 5.49. The zero-order valence-corrected chi connectivity index (χ0v) is 12.5. The second-order valence-electron chi connectivity index (χ2n) is 5.20. The molecule has 2 fully saturated rings. The molecule has 2 aliphatic heterocycles. The number of nitrogens with one attached hydrogen (secondary N) is 1. The highest BCUT2D eigenvalue weighted by atomic mass is 16.5. The summed E-state index contributed by atoms with van der Waals surface area (Å²) in [6, 6.07) is 2.74. The third-order valence-corrected chi connectivity index (χ3v) is 3.90. The summed E-state index contributed by atoms with van der Waals surface area (Å²) in [6.45, 7) is 10.1. The molecule has 1 N–H and O–H groups in total. The molecule has 0 saturated carbocycles. The summed E-state index contributed by atoms with van der Waals surface area (Å²) in [5.74, 6) is 0.679. The van der Waals surface area contributed by atoms with Crippen LogP contribution in [0, 0.1) is 6.92 Å². The number of aryl methyl sites for hydroxylation is 1. The number of hydrogen-bond donors (Lipinski definition) is 1. The Bertz CT molecular complexity index is 377. The van der Waals surface area contributed by atoms with E-state index in [0.29, 0.717) is 12.0 Å². The lowest BCUT2D eigenvalue weighted by Crippen LogP contribution is -2.28. The van der Waals surface area contributed by atoms with Gasteiger partial charge in [0.2, 0.25) is 0 Å². The molecule has 0 bridgehead atoms. The van der Waals surface area contributed by atoms with Crippen molar-refractivity contribution in [2.75, 3.05) is 26.3 Å². The number of hydrogen-bond acceptors (Lipinski definition) is 3. The van der Waals surface area contributed by atoms with Crippen molar-refractivity contribution in [2.45, 2.75) is 52.0 Å². The molecule has 0 aromatic carbocycles. The molecule has 0 aliphatic carbocycles. The molecule has 0 radical (unpaired) electrons. The topological polar surface area (TPSA) is 39.1 Å².